The number of hydrogen-bond donors (Lipinski definition) is 2. The van der Waals surface area contributed by atoms with Gasteiger partial charge in [0, 0.05) is 28.1 Å². The normalized spacial score (nSPS) is 11.9. The van der Waals surface area contributed by atoms with Crippen LogP contribution in [0.4, 0.5) is 5.69 Å². The van der Waals surface area contributed by atoms with Crippen LogP contribution in [-0.2, 0) is 4.79 Å². The SMILES string of the molecule is O=C(C[C@@H](NC(=O)c1ccccc1)c1ccccc1)Nc1ccc2c(c1)oc1ccccc12. The number of benzene rings is 4. The molecule has 2 N–H and O–H groups in total. The second-order valence-electron chi connectivity index (χ2n) is 7.86. The molecule has 0 aliphatic heterocycles. The van der Waals surface area contributed by atoms with Crippen LogP contribution >= 0.6 is 0 Å². The predicted molar refractivity (Wildman–Crippen MR) is 130 cm³/mol. The maximum Gasteiger partial charge on any atom is 0.251 e. The molecule has 0 fully saturated rings. The van der Waals surface area contributed by atoms with Gasteiger partial charge in [-0.25, -0.2) is 0 Å². The summed E-state index contributed by atoms with van der Waals surface area (Å²) in [6.07, 6.45) is 0.0980. The van der Waals surface area contributed by atoms with E-state index >= 15 is 0 Å². The molecular weight excluding hydrogens is 412 g/mol. The highest BCUT2D eigenvalue weighted by Crippen LogP contribution is 2.30. The third-order valence-electron chi connectivity index (χ3n) is 5.60. The fraction of sp³-hybridized carbons (Fsp3) is 0.0714. The minimum atomic E-state index is -0.464. The molecule has 2 amide bonds. The Bertz CT molecular complexity index is 1430. The van der Waals surface area contributed by atoms with E-state index in [-0.39, 0.29) is 18.2 Å². The van der Waals surface area contributed by atoms with Crippen molar-refractivity contribution in [2.45, 2.75) is 12.5 Å². The van der Waals surface area contributed by atoms with Gasteiger partial charge in [0.05, 0.1) is 12.5 Å². The number of hydrogen-bond acceptors (Lipinski definition) is 3. The van der Waals surface area contributed by atoms with Gasteiger partial charge >= 0.3 is 0 Å². The van der Waals surface area contributed by atoms with Crippen LogP contribution in [0.3, 0.4) is 0 Å². The first-order valence-electron chi connectivity index (χ1n) is 10.8. The first-order chi connectivity index (χ1) is 16.2. The number of rotatable bonds is 6. The molecule has 0 radical (unpaired) electrons. The summed E-state index contributed by atoms with van der Waals surface area (Å²) >= 11 is 0. The lowest BCUT2D eigenvalue weighted by Crippen LogP contribution is -2.31. The number of carbonyl (C=O) groups excluding carboxylic acids is 2. The Morgan fingerprint density at radius 3 is 2.18 bits per heavy atom. The molecule has 5 heteroatoms. The Hall–Kier alpha value is -4.38. The van der Waals surface area contributed by atoms with Gasteiger partial charge in [-0.05, 0) is 35.9 Å². The molecule has 5 rings (SSSR count). The largest absolute Gasteiger partial charge is 0.456 e. The van der Waals surface area contributed by atoms with Crippen molar-refractivity contribution in [3.8, 4) is 0 Å². The van der Waals surface area contributed by atoms with Gasteiger partial charge in [-0.1, -0.05) is 66.7 Å². The van der Waals surface area contributed by atoms with Crippen molar-refractivity contribution in [1.82, 2.24) is 5.32 Å². The van der Waals surface area contributed by atoms with Crippen molar-refractivity contribution in [1.29, 1.82) is 0 Å². The minimum absolute atomic E-state index is 0.0980. The monoisotopic (exact) mass is 434 g/mol. The van der Waals surface area contributed by atoms with Gasteiger partial charge in [0.15, 0.2) is 0 Å². The van der Waals surface area contributed by atoms with Crippen LogP contribution in [0.25, 0.3) is 21.9 Å². The van der Waals surface area contributed by atoms with E-state index in [1.54, 1.807) is 12.1 Å². The predicted octanol–water partition coefficient (Wildman–Crippen LogP) is 6.09. The third-order valence-corrected chi connectivity index (χ3v) is 5.60. The Morgan fingerprint density at radius 2 is 1.39 bits per heavy atom. The summed E-state index contributed by atoms with van der Waals surface area (Å²) in [6, 6.07) is 31.5. The standard InChI is InChI=1S/C28H22N2O3/c31-27(29-21-15-16-23-22-13-7-8-14-25(22)33-26(23)17-21)18-24(19-9-3-1-4-10-19)30-28(32)20-11-5-2-6-12-20/h1-17,24H,18H2,(H,29,31)(H,30,32)/t24-/m1/s1. The number of carbonyl (C=O) groups is 2. The highest BCUT2D eigenvalue weighted by molar-refractivity contribution is 6.06. The molecule has 0 aliphatic rings. The van der Waals surface area contributed by atoms with Gasteiger partial charge in [0.25, 0.3) is 5.91 Å². The summed E-state index contributed by atoms with van der Waals surface area (Å²) in [5, 5.41) is 7.98. The van der Waals surface area contributed by atoms with Crippen molar-refractivity contribution in [2.24, 2.45) is 0 Å². The molecular formula is C28H22N2O3. The van der Waals surface area contributed by atoms with Crippen LogP contribution in [0.2, 0.25) is 0 Å². The second kappa shape index (κ2) is 9.01. The summed E-state index contributed by atoms with van der Waals surface area (Å²) in [6.45, 7) is 0. The van der Waals surface area contributed by atoms with E-state index in [1.807, 2.05) is 91.0 Å². The molecule has 0 saturated carbocycles. The molecule has 0 spiro atoms. The van der Waals surface area contributed by atoms with E-state index in [0.717, 1.165) is 21.9 Å². The van der Waals surface area contributed by atoms with Crippen LogP contribution in [0.1, 0.15) is 28.4 Å². The molecule has 0 aliphatic carbocycles. The third kappa shape index (κ3) is 4.48. The number of fused-ring (bicyclic) bond motifs is 3. The van der Waals surface area contributed by atoms with Gasteiger partial charge in [-0.3, -0.25) is 9.59 Å². The van der Waals surface area contributed by atoms with Crippen LogP contribution in [-0.4, -0.2) is 11.8 Å². The van der Waals surface area contributed by atoms with Crippen LogP contribution in [0.5, 0.6) is 0 Å². The van der Waals surface area contributed by atoms with E-state index in [2.05, 4.69) is 10.6 Å². The van der Waals surface area contributed by atoms with Crippen molar-refractivity contribution in [3.63, 3.8) is 0 Å². The van der Waals surface area contributed by atoms with Crippen LogP contribution in [0, 0.1) is 0 Å². The molecule has 162 valence electrons. The van der Waals surface area contributed by atoms with Crippen LogP contribution < -0.4 is 10.6 Å². The Kier molecular flexibility index (Phi) is 5.60. The maximum absolute atomic E-state index is 12.9. The fourth-order valence-corrected chi connectivity index (χ4v) is 3.97. The van der Waals surface area contributed by atoms with Gasteiger partial charge in [-0.2, -0.15) is 0 Å². The van der Waals surface area contributed by atoms with E-state index in [1.165, 1.54) is 0 Å². The maximum atomic E-state index is 12.9. The first kappa shape index (κ1) is 20.5. The average Bonchev–Trinajstić information content (AvgIpc) is 3.22. The summed E-state index contributed by atoms with van der Waals surface area (Å²) in [5.74, 6) is -0.423. The average molecular weight is 434 g/mol. The lowest BCUT2D eigenvalue weighted by Gasteiger charge is -2.19. The fourth-order valence-electron chi connectivity index (χ4n) is 3.97. The molecule has 5 nitrogen and oxygen atoms in total. The quantitative estimate of drug-likeness (QED) is 0.340. The lowest BCUT2D eigenvalue weighted by molar-refractivity contribution is -0.116. The lowest BCUT2D eigenvalue weighted by atomic mass is 10.0. The highest BCUT2D eigenvalue weighted by Gasteiger charge is 2.19. The number of amides is 2. The van der Waals surface area contributed by atoms with Crippen molar-refractivity contribution in [2.75, 3.05) is 5.32 Å². The number of furan rings is 1. The van der Waals surface area contributed by atoms with Gasteiger partial charge in [0.2, 0.25) is 5.91 Å². The number of anilines is 1. The minimum Gasteiger partial charge on any atom is -0.456 e. The zero-order valence-electron chi connectivity index (χ0n) is 17.8. The first-order valence-corrected chi connectivity index (χ1v) is 10.8. The zero-order chi connectivity index (χ0) is 22.6. The van der Waals surface area contributed by atoms with Gasteiger partial charge < -0.3 is 15.1 Å². The van der Waals surface area contributed by atoms with E-state index in [9.17, 15) is 9.59 Å². The Labute approximate surface area is 191 Å². The zero-order valence-corrected chi connectivity index (χ0v) is 17.8. The number of para-hydroxylation sites is 1. The van der Waals surface area contributed by atoms with Crippen molar-refractivity contribution < 1.29 is 14.0 Å². The van der Waals surface area contributed by atoms with Crippen molar-refractivity contribution in [3.05, 3.63) is 114 Å². The Morgan fingerprint density at radius 1 is 0.727 bits per heavy atom. The van der Waals surface area contributed by atoms with Crippen molar-refractivity contribution >= 4 is 39.4 Å². The smallest absolute Gasteiger partial charge is 0.251 e. The second-order valence-corrected chi connectivity index (χ2v) is 7.86. The van der Waals surface area contributed by atoms with E-state index in [0.29, 0.717) is 16.8 Å². The molecule has 5 aromatic rings. The highest BCUT2D eigenvalue weighted by atomic mass is 16.3. The molecule has 0 unspecified atom stereocenters. The summed E-state index contributed by atoms with van der Waals surface area (Å²) < 4.78 is 5.92. The molecule has 1 aromatic heterocycles. The molecule has 0 saturated heterocycles. The number of nitrogens with one attached hydrogen (secondary N) is 2. The van der Waals surface area contributed by atoms with Gasteiger partial charge in [0.1, 0.15) is 11.2 Å². The summed E-state index contributed by atoms with van der Waals surface area (Å²) in [7, 11) is 0. The Balaban J connectivity index is 1.34. The van der Waals surface area contributed by atoms with Crippen LogP contribution in [0.15, 0.2) is 108 Å². The molecule has 1 atom stereocenters. The summed E-state index contributed by atoms with van der Waals surface area (Å²) in [5.41, 5.74) is 3.58. The molecule has 1 heterocycles. The molecule has 4 aromatic carbocycles. The molecule has 0 bridgehead atoms. The topological polar surface area (TPSA) is 71.3 Å². The van der Waals surface area contributed by atoms with Gasteiger partial charge in [-0.15, -0.1) is 0 Å². The molecule has 33 heavy (non-hydrogen) atoms. The summed E-state index contributed by atoms with van der Waals surface area (Å²) in [4.78, 5) is 25.7. The van der Waals surface area contributed by atoms with E-state index < -0.39 is 6.04 Å². The van der Waals surface area contributed by atoms with E-state index in [4.69, 9.17) is 4.42 Å².